The molecule has 19 heavy (non-hydrogen) atoms. The van der Waals surface area contributed by atoms with Crippen molar-refractivity contribution in [3.05, 3.63) is 33.8 Å². The topological polar surface area (TPSA) is 56.3 Å². The third-order valence-electron chi connectivity index (χ3n) is 3.02. The fraction of sp³-hybridized carbons (Fsp3) is 0.385. The van der Waals surface area contributed by atoms with E-state index in [1.54, 1.807) is 11.3 Å². The van der Waals surface area contributed by atoms with Gasteiger partial charge in [0.25, 0.3) is 0 Å². The Labute approximate surface area is 115 Å². The largest absolute Gasteiger partial charge is 0.454 e. The molecular formula is C13H15N3O2S. The van der Waals surface area contributed by atoms with E-state index < -0.39 is 0 Å². The van der Waals surface area contributed by atoms with E-state index in [4.69, 9.17) is 9.47 Å². The van der Waals surface area contributed by atoms with Gasteiger partial charge in [0.05, 0.1) is 6.54 Å². The van der Waals surface area contributed by atoms with Gasteiger partial charge in [0.15, 0.2) is 11.5 Å². The van der Waals surface area contributed by atoms with Gasteiger partial charge in [-0.05, 0) is 31.5 Å². The summed E-state index contributed by atoms with van der Waals surface area (Å²) < 4.78 is 10.7. The van der Waals surface area contributed by atoms with Crippen LogP contribution in [0.25, 0.3) is 0 Å². The number of aromatic nitrogens is 2. The zero-order valence-corrected chi connectivity index (χ0v) is 11.7. The molecule has 1 aliphatic rings. The SMILES string of the molecule is Cc1nnc(CN[C@H](C)c2ccc3c(c2)OCO3)s1. The molecule has 0 saturated heterocycles. The van der Waals surface area contributed by atoms with Crippen molar-refractivity contribution in [3.8, 4) is 11.5 Å². The molecule has 0 aliphatic carbocycles. The maximum absolute atomic E-state index is 5.39. The Balaban J connectivity index is 1.65. The lowest BCUT2D eigenvalue weighted by atomic mass is 10.1. The highest BCUT2D eigenvalue weighted by atomic mass is 32.1. The Hall–Kier alpha value is -1.66. The fourth-order valence-corrected chi connectivity index (χ4v) is 2.61. The van der Waals surface area contributed by atoms with Gasteiger partial charge < -0.3 is 14.8 Å². The molecule has 2 heterocycles. The molecule has 6 heteroatoms. The van der Waals surface area contributed by atoms with Crippen molar-refractivity contribution < 1.29 is 9.47 Å². The maximum atomic E-state index is 5.39. The molecule has 1 aromatic carbocycles. The van der Waals surface area contributed by atoms with Crippen molar-refractivity contribution in [1.82, 2.24) is 15.5 Å². The van der Waals surface area contributed by atoms with Gasteiger partial charge in [0.2, 0.25) is 6.79 Å². The van der Waals surface area contributed by atoms with Crippen LogP contribution >= 0.6 is 11.3 Å². The molecular weight excluding hydrogens is 262 g/mol. The minimum absolute atomic E-state index is 0.221. The summed E-state index contributed by atoms with van der Waals surface area (Å²) in [4.78, 5) is 0. The lowest BCUT2D eigenvalue weighted by Gasteiger charge is -2.13. The highest BCUT2D eigenvalue weighted by Crippen LogP contribution is 2.34. The van der Waals surface area contributed by atoms with Gasteiger partial charge in [0.1, 0.15) is 10.0 Å². The summed E-state index contributed by atoms with van der Waals surface area (Å²) in [7, 11) is 0. The summed E-state index contributed by atoms with van der Waals surface area (Å²) in [5, 5.41) is 13.5. The summed E-state index contributed by atoms with van der Waals surface area (Å²) in [6, 6.07) is 6.24. The minimum atomic E-state index is 0.221. The minimum Gasteiger partial charge on any atom is -0.454 e. The Kier molecular flexibility index (Phi) is 3.35. The van der Waals surface area contributed by atoms with Crippen LogP contribution in [0.15, 0.2) is 18.2 Å². The van der Waals surface area contributed by atoms with Crippen LogP contribution in [0.4, 0.5) is 0 Å². The first-order valence-electron chi connectivity index (χ1n) is 6.14. The molecule has 0 spiro atoms. The van der Waals surface area contributed by atoms with Crippen molar-refractivity contribution >= 4 is 11.3 Å². The van der Waals surface area contributed by atoms with Gasteiger partial charge in [-0.1, -0.05) is 6.07 Å². The smallest absolute Gasteiger partial charge is 0.231 e. The van der Waals surface area contributed by atoms with E-state index in [1.165, 1.54) is 5.56 Å². The summed E-state index contributed by atoms with van der Waals surface area (Å²) in [6.07, 6.45) is 0. The molecule has 0 saturated carbocycles. The molecule has 0 fully saturated rings. The molecule has 100 valence electrons. The molecule has 0 amide bonds. The molecule has 5 nitrogen and oxygen atoms in total. The number of aryl methyl sites for hydroxylation is 1. The molecule has 2 aromatic rings. The second-order valence-electron chi connectivity index (χ2n) is 4.43. The van der Waals surface area contributed by atoms with E-state index in [9.17, 15) is 0 Å². The quantitative estimate of drug-likeness (QED) is 0.930. The highest BCUT2D eigenvalue weighted by molar-refractivity contribution is 7.11. The summed E-state index contributed by atoms with van der Waals surface area (Å²) in [6.45, 7) is 5.11. The first-order valence-corrected chi connectivity index (χ1v) is 6.96. The van der Waals surface area contributed by atoms with Crippen LogP contribution in [0.2, 0.25) is 0 Å². The first kappa shape index (κ1) is 12.4. The van der Waals surface area contributed by atoms with Gasteiger partial charge >= 0.3 is 0 Å². The van der Waals surface area contributed by atoms with Gasteiger partial charge in [0, 0.05) is 6.04 Å². The van der Waals surface area contributed by atoms with E-state index in [1.807, 2.05) is 19.1 Å². The van der Waals surface area contributed by atoms with E-state index in [-0.39, 0.29) is 6.04 Å². The Morgan fingerprint density at radius 2 is 2.16 bits per heavy atom. The van der Waals surface area contributed by atoms with Crippen molar-refractivity contribution in [2.45, 2.75) is 26.4 Å². The zero-order chi connectivity index (χ0) is 13.2. The van der Waals surface area contributed by atoms with Gasteiger partial charge in [-0.2, -0.15) is 0 Å². The molecule has 1 aromatic heterocycles. The van der Waals surface area contributed by atoms with E-state index >= 15 is 0 Å². The second kappa shape index (κ2) is 5.14. The summed E-state index contributed by atoms with van der Waals surface area (Å²) in [5.74, 6) is 1.63. The van der Waals surface area contributed by atoms with Gasteiger partial charge in [-0.15, -0.1) is 21.5 Å². The Bertz CT molecular complexity index is 585. The first-order chi connectivity index (χ1) is 9.22. The monoisotopic (exact) mass is 277 g/mol. The zero-order valence-electron chi connectivity index (χ0n) is 10.8. The highest BCUT2D eigenvalue weighted by Gasteiger charge is 2.15. The van der Waals surface area contributed by atoms with Crippen LogP contribution in [-0.4, -0.2) is 17.0 Å². The van der Waals surface area contributed by atoms with Gasteiger partial charge in [-0.3, -0.25) is 0 Å². The number of rotatable bonds is 4. The van der Waals surface area contributed by atoms with E-state index in [2.05, 4.69) is 28.5 Å². The van der Waals surface area contributed by atoms with Crippen molar-refractivity contribution in [2.75, 3.05) is 6.79 Å². The lowest BCUT2D eigenvalue weighted by molar-refractivity contribution is 0.174. The predicted octanol–water partition coefficient (Wildman–Crippen LogP) is 2.43. The standard InChI is InChI=1S/C13H15N3O2S/c1-8(14-6-13-16-15-9(2)19-13)10-3-4-11-12(5-10)18-7-17-11/h3-5,8,14H,6-7H2,1-2H3/t8-/m1/s1. The number of nitrogens with zero attached hydrogens (tertiary/aromatic N) is 2. The Morgan fingerprint density at radius 1 is 1.32 bits per heavy atom. The third-order valence-corrected chi connectivity index (χ3v) is 3.86. The summed E-state index contributed by atoms with van der Waals surface area (Å²) >= 11 is 1.62. The Morgan fingerprint density at radius 3 is 2.95 bits per heavy atom. The van der Waals surface area contributed by atoms with Crippen LogP contribution < -0.4 is 14.8 Å². The van der Waals surface area contributed by atoms with Crippen molar-refractivity contribution in [2.24, 2.45) is 0 Å². The van der Waals surface area contributed by atoms with Crippen molar-refractivity contribution in [3.63, 3.8) is 0 Å². The fourth-order valence-electron chi connectivity index (χ4n) is 1.95. The van der Waals surface area contributed by atoms with Crippen LogP contribution in [0.1, 0.15) is 28.5 Å². The number of fused-ring (bicyclic) bond motifs is 1. The molecule has 1 aliphatic heterocycles. The molecule has 1 atom stereocenters. The van der Waals surface area contributed by atoms with Crippen molar-refractivity contribution in [1.29, 1.82) is 0 Å². The van der Waals surface area contributed by atoms with Crippen LogP contribution in [0.5, 0.6) is 11.5 Å². The third kappa shape index (κ3) is 2.69. The average Bonchev–Trinajstić information content (AvgIpc) is 3.03. The predicted molar refractivity (Wildman–Crippen MR) is 72.5 cm³/mol. The molecule has 0 unspecified atom stereocenters. The van der Waals surface area contributed by atoms with Crippen LogP contribution in [0, 0.1) is 6.92 Å². The van der Waals surface area contributed by atoms with E-state index in [0.717, 1.165) is 28.1 Å². The summed E-state index contributed by atoms with van der Waals surface area (Å²) in [5.41, 5.74) is 1.17. The molecule has 3 rings (SSSR count). The maximum Gasteiger partial charge on any atom is 0.231 e. The molecule has 1 N–H and O–H groups in total. The molecule has 0 bridgehead atoms. The number of ether oxygens (including phenoxy) is 2. The van der Waals surface area contributed by atoms with Gasteiger partial charge in [-0.25, -0.2) is 0 Å². The lowest BCUT2D eigenvalue weighted by Crippen LogP contribution is -2.17. The number of benzene rings is 1. The van der Waals surface area contributed by atoms with Crippen LogP contribution in [0.3, 0.4) is 0 Å². The second-order valence-corrected chi connectivity index (χ2v) is 5.70. The number of nitrogens with one attached hydrogen (secondary N) is 1. The molecule has 0 radical (unpaired) electrons. The average molecular weight is 277 g/mol. The normalized spacial score (nSPS) is 14.6. The number of hydrogen-bond acceptors (Lipinski definition) is 6. The van der Waals surface area contributed by atoms with Crippen LogP contribution in [-0.2, 0) is 6.54 Å². The van der Waals surface area contributed by atoms with E-state index in [0.29, 0.717) is 6.79 Å². The number of hydrogen-bond donors (Lipinski definition) is 1.